The van der Waals surface area contributed by atoms with Gasteiger partial charge in [-0.05, 0) is 67.1 Å². The number of fused-ring (bicyclic) bond motifs is 3. The Morgan fingerprint density at radius 1 is 0.333 bits per heavy atom. The molecule has 0 aliphatic heterocycles. The van der Waals surface area contributed by atoms with Crippen LogP contribution in [0.2, 0.25) is 0 Å². The van der Waals surface area contributed by atoms with Crippen LogP contribution in [0.4, 0.5) is 0 Å². The molecule has 196 valence electrons. The predicted octanol–water partition coefficient (Wildman–Crippen LogP) is 10.6. The Morgan fingerprint density at radius 2 is 0.833 bits per heavy atom. The molecule has 2 heteroatoms. The van der Waals surface area contributed by atoms with Gasteiger partial charge < -0.3 is 0 Å². The Hall–Kier alpha value is -5.60. The summed E-state index contributed by atoms with van der Waals surface area (Å²) in [6.45, 7) is 0. The molecular weight excluding hydrogens is 508 g/mol. The van der Waals surface area contributed by atoms with E-state index in [0.29, 0.717) is 0 Å². The minimum absolute atomic E-state index is 0.987. The highest BCUT2D eigenvalue weighted by Gasteiger charge is 2.17. The highest BCUT2D eigenvalue weighted by Crippen LogP contribution is 2.44. The largest absolute Gasteiger partial charge is 0.264 e. The van der Waals surface area contributed by atoms with E-state index in [9.17, 15) is 0 Å². The third-order valence-corrected chi connectivity index (χ3v) is 8.22. The second-order valence-electron chi connectivity index (χ2n) is 10.6. The first-order valence-electron chi connectivity index (χ1n) is 14.2. The summed E-state index contributed by atoms with van der Waals surface area (Å²) in [5.41, 5.74) is 10.5. The van der Waals surface area contributed by atoms with E-state index in [0.717, 1.165) is 22.0 Å². The fraction of sp³-hybridized carbons (Fsp3) is 0. The molecule has 0 aliphatic carbocycles. The van der Waals surface area contributed by atoms with Crippen molar-refractivity contribution in [3.05, 3.63) is 158 Å². The zero-order valence-corrected chi connectivity index (χ0v) is 22.9. The molecule has 8 rings (SSSR count). The average molecular weight is 535 g/mol. The van der Waals surface area contributed by atoms with Crippen molar-refractivity contribution in [1.82, 2.24) is 9.97 Å². The van der Waals surface area contributed by atoms with Crippen LogP contribution in [-0.4, -0.2) is 9.97 Å². The summed E-state index contributed by atoms with van der Waals surface area (Å²) >= 11 is 0. The van der Waals surface area contributed by atoms with Crippen molar-refractivity contribution in [1.29, 1.82) is 0 Å². The van der Waals surface area contributed by atoms with Crippen LogP contribution in [0.5, 0.6) is 0 Å². The van der Waals surface area contributed by atoms with Gasteiger partial charge in [-0.15, -0.1) is 0 Å². The van der Waals surface area contributed by atoms with Crippen molar-refractivity contribution in [2.45, 2.75) is 0 Å². The topological polar surface area (TPSA) is 25.8 Å². The van der Waals surface area contributed by atoms with Crippen LogP contribution in [0, 0.1) is 0 Å². The highest BCUT2D eigenvalue weighted by molar-refractivity contribution is 6.21. The lowest BCUT2D eigenvalue weighted by Crippen LogP contribution is -1.91. The average Bonchev–Trinajstić information content (AvgIpc) is 3.07. The molecule has 0 amide bonds. The molecule has 6 aromatic carbocycles. The highest BCUT2D eigenvalue weighted by atomic mass is 14.7. The monoisotopic (exact) mass is 534 g/mol. The first-order valence-corrected chi connectivity index (χ1v) is 14.2. The Labute approximate surface area is 244 Å². The van der Waals surface area contributed by atoms with Gasteiger partial charge in [0.1, 0.15) is 0 Å². The molecule has 0 radical (unpaired) electrons. The second-order valence-corrected chi connectivity index (χ2v) is 10.6. The maximum Gasteiger partial charge on any atom is 0.0787 e. The van der Waals surface area contributed by atoms with Gasteiger partial charge in [-0.1, -0.05) is 127 Å². The number of pyridine rings is 2. The van der Waals surface area contributed by atoms with Crippen molar-refractivity contribution in [3.8, 4) is 44.5 Å². The number of aromatic nitrogens is 2. The zero-order valence-electron chi connectivity index (χ0n) is 22.9. The normalized spacial score (nSPS) is 11.3. The number of benzene rings is 6. The fourth-order valence-electron chi connectivity index (χ4n) is 6.35. The van der Waals surface area contributed by atoms with Gasteiger partial charge in [0.05, 0.1) is 5.52 Å². The molecule has 0 saturated carbocycles. The summed E-state index contributed by atoms with van der Waals surface area (Å²) in [4.78, 5) is 9.11. The fourth-order valence-corrected chi connectivity index (χ4v) is 6.35. The minimum atomic E-state index is 0.987. The molecule has 2 aromatic heterocycles. The van der Waals surface area contributed by atoms with Crippen LogP contribution in [0.25, 0.3) is 77.0 Å². The number of rotatable bonds is 4. The molecule has 0 unspecified atom stereocenters. The van der Waals surface area contributed by atoms with Crippen molar-refractivity contribution < 1.29 is 0 Å². The summed E-state index contributed by atoms with van der Waals surface area (Å²) in [6.07, 6.45) is 5.57. The van der Waals surface area contributed by atoms with Crippen LogP contribution < -0.4 is 0 Å². The lowest BCUT2D eigenvalue weighted by molar-refractivity contribution is 1.33. The van der Waals surface area contributed by atoms with E-state index in [1.54, 1.807) is 6.20 Å². The molecule has 0 aliphatic rings. The maximum absolute atomic E-state index is 4.78. The maximum atomic E-state index is 4.78. The Kier molecular flexibility index (Phi) is 5.82. The summed E-state index contributed by atoms with van der Waals surface area (Å²) in [5.74, 6) is 0. The van der Waals surface area contributed by atoms with Gasteiger partial charge in [0.25, 0.3) is 0 Å². The third-order valence-electron chi connectivity index (χ3n) is 8.22. The Morgan fingerprint density at radius 3 is 1.45 bits per heavy atom. The van der Waals surface area contributed by atoms with Crippen LogP contribution in [-0.2, 0) is 0 Å². The van der Waals surface area contributed by atoms with E-state index in [2.05, 4.69) is 132 Å². The van der Waals surface area contributed by atoms with Crippen LogP contribution >= 0.6 is 0 Å². The molecule has 8 aromatic rings. The van der Waals surface area contributed by atoms with Gasteiger partial charge in [0.2, 0.25) is 0 Å². The van der Waals surface area contributed by atoms with Crippen LogP contribution in [0.1, 0.15) is 0 Å². The van der Waals surface area contributed by atoms with E-state index < -0.39 is 0 Å². The van der Waals surface area contributed by atoms with Gasteiger partial charge in [0.15, 0.2) is 0 Å². The third kappa shape index (κ3) is 3.96. The molecule has 0 fully saturated rings. The van der Waals surface area contributed by atoms with E-state index in [-0.39, 0.29) is 0 Å². The van der Waals surface area contributed by atoms with E-state index in [1.165, 1.54) is 54.9 Å². The Bertz CT molecular complexity index is 2160. The molecule has 0 bridgehead atoms. The van der Waals surface area contributed by atoms with E-state index >= 15 is 0 Å². The quantitative estimate of drug-likeness (QED) is 0.210. The smallest absolute Gasteiger partial charge is 0.0787 e. The Balaban J connectivity index is 1.31. The van der Waals surface area contributed by atoms with Crippen molar-refractivity contribution in [3.63, 3.8) is 0 Å². The van der Waals surface area contributed by atoms with Crippen molar-refractivity contribution >= 4 is 32.4 Å². The molecule has 2 heterocycles. The first kappa shape index (κ1) is 24.2. The molecule has 0 atom stereocenters. The molecule has 0 N–H and O–H groups in total. The summed E-state index contributed by atoms with van der Waals surface area (Å²) in [7, 11) is 0. The summed E-state index contributed by atoms with van der Waals surface area (Å²) < 4.78 is 0. The lowest BCUT2D eigenvalue weighted by atomic mass is 9.85. The number of nitrogens with zero attached hydrogens (tertiary/aromatic N) is 2. The predicted molar refractivity (Wildman–Crippen MR) is 176 cm³/mol. The van der Waals surface area contributed by atoms with Crippen LogP contribution in [0.3, 0.4) is 0 Å². The van der Waals surface area contributed by atoms with Gasteiger partial charge in [0, 0.05) is 35.1 Å². The molecular formula is C40H26N2. The molecule has 0 spiro atoms. The molecule has 42 heavy (non-hydrogen) atoms. The molecule has 2 nitrogen and oxygen atoms in total. The van der Waals surface area contributed by atoms with E-state index in [4.69, 9.17) is 4.98 Å². The minimum Gasteiger partial charge on any atom is -0.264 e. The first-order chi connectivity index (χ1) is 20.9. The summed E-state index contributed by atoms with van der Waals surface area (Å²) in [6, 6.07) is 50.0. The number of hydrogen-bond donors (Lipinski definition) is 0. The standard InChI is InChI=1S/C40H26N2/c1-2-10-28(11-3-1)38-33-13-4-6-15-35(33)39(36-16-7-5-14-34(36)38)29-20-18-27(19-21-29)31-22-23-32(30-12-8-24-41-26-30)40-37(31)17-9-25-42-40/h1-26H. The van der Waals surface area contributed by atoms with Crippen molar-refractivity contribution in [2.24, 2.45) is 0 Å². The lowest BCUT2D eigenvalue weighted by Gasteiger charge is -2.18. The zero-order chi connectivity index (χ0) is 27.9. The number of hydrogen-bond acceptors (Lipinski definition) is 2. The second kappa shape index (κ2) is 10.1. The van der Waals surface area contributed by atoms with E-state index in [1.807, 2.05) is 24.5 Å². The summed E-state index contributed by atoms with van der Waals surface area (Å²) in [5, 5.41) is 6.19. The van der Waals surface area contributed by atoms with Crippen LogP contribution in [0.15, 0.2) is 158 Å². The van der Waals surface area contributed by atoms with Gasteiger partial charge in [-0.3, -0.25) is 9.97 Å². The van der Waals surface area contributed by atoms with Gasteiger partial charge >= 0.3 is 0 Å². The van der Waals surface area contributed by atoms with Crippen molar-refractivity contribution in [2.75, 3.05) is 0 Å². The van der Waals surface area contributed by atoms with Gasteiger partial charge in [-0.25, -0.2) is 0 Å². The SMILES string of the molecule is c1ccc(-c2c3ccccc3c(-c3ccc(-c4ccc(-c5cccnc5)c5ncccc45)cc3)c3ccccc23)cc1. The van der Waals surface area contributed by atoms with Gasteiger partial charge in [-0.2, -0.15) is 0 Å². The molecule has 0 saturated heterocycles.